The highest BCUT2D eigenvalue weighted by Crippen LogP contribution is 2.37. The third kappa shape index (κ3) is 3.47. The standard InChI is InChI=1S/C24H19F3N4O/c25-16-5-3-15(4-6-16)24(29-32)22-13-28-23-10-8-18(14-31(22)23)30-11-1-2-21(30)19-12-17(26)7-9-20(19)27/h3-10,12-14,21,32H,1-2,11H2/b29-24-. The van der Waals surface area contributed by atoms with Crippen LogP contribution in [-0.4, -0.2) is 26.8 Å². The number of oxime groups is 1. The quantitative estimate of drug-likeness (QED) is 0.268. The third-order valence-corrected chi connectivity index (χ3v) is 5.85. The van der Waals surface area contributed by atoms with Gasteiger partial charge in [0.05, 0.1) is 23.6 Å². The van der Waals surface area contributed by atoms with Crippen molar-refractivity contribution in [1.29, 1.82) is 0 Å². The van der Waals surface area contributed by atoms with E-state index in [1.54, 1.807) is 10.6 Å². The van der Waals surface area contributed by atoms with Crippen molar-refractivity contribution >= 4 is 17.0 Å². The molecule has 2 aromatic carbocycles. The zero-order valence-corrected chi connectivity index (χ0v) is 16.9. The van der Waals surface area contributed by atoms with Crippen LogP contribution < -0.4 is 4.90 Å². The molecule has 5 rings (SSSR count). The van der Waals surface area contributed by atoms with Gasteiger partial charge >= 0.3 is 0 Å². The molecule has 0 bridgehead atoms. The summed E-state index contributed by atoms with van der Waals surface area (Å²) in [7, 11) is 0. The van der Waals surface area contributed by atoms with Crippen molar-refractivity contribution in [1.82, 2.24) is 9.38 Å². The zero-order chi connectivity index (χ0) is 22.2. The minimum Gasteiger partial charge on any atom is -0.410 e. The number of anilines is 1. The molecular formula is C24H19F3N4O. The number of aromatic nitrogens is 2. The Kier molecular flexibility index (Phi) is 5.05. The van der Waals surface area contributed by atoms with E-state index in [0.717, 1.165) is 24.2 Å². The number of benzene rings is 2. The van der Waals surface area contributed by atoms with Crippen molar-refractivity contribution in [3.8, 4) is 0 Å². The predicted molar refractivity (Wildman–Crippen MR) is 115 cm³/mol. The summed E-state index contributed by atoms with van der Waals surface area (Å²) in [5.41, 5.74) is 3.05. The van der Waals surface area contributed by atoms with Gasteiger partial charge in [0.1, 0.15) is 28.8 Å². The Morgan fingerprint density at radius 2 is 1.78 bits per heavy atom. The first-order chi connectivity index (χ1) is 15.5. The van der Waals surface area contributed by atoms with Crippen LogP contribution in [0, 0.1) is 17.5 Å². The highest BCUT2D eigenvalue weighted by atomic mass is 19.1. The molecule has 1 saturated heterocycles. The van der Waals surface area contributed by atoms with Crippen molar-refractivity contribution in [3.63, 3.8) is 0 Å². The molecule has 4 aromatic rings. The van der Waals surface area contributed by atoms with Crippen molar-refractivity contribution < 1.29 is 18.4 Å². The van der Waals surface area contributed by atoms with Gasteiger partial charge in [-0.15, -0.1) is 0 Å². The molecule has 1 unspecified atom stereocenters. The SMILES string of the molecule is O/N=C(/c1ccc(F)cc1)c1cnc2ccc(N3CCCC3c3cc(F)ccc3F)cn12. The van der Waals surface area contributed by atoms with Crippen molar-refractivity contribution in [2.75, 3.05) is 11.4 Å². The van der Waals surface area contributed by atoms with E-state index in [1.165, 1.54) is 30.3 Å². The van der Waals surface area contributed by atoms with Gasteiger partial charge in [0.15, 0.2) is 0 Å². The number of halogens is 3. The van der Waals surface area contributed by atoms with Crippen LogP contribution in [0.4, 0.5) is 18.9 Å². The molecule has 162 valence electrons. The Morgan fingerprint density at radius 1 is 1.00 bits per heavy atom. The van der Waals surface area contributed by atoms with Gasteiger partial charge in [-0.3, -0.25) is 4.40 Å². The van der Waals surface area contributed by atoms with E-state index >= 15 is 0 Å². The lowest BCUT2D eigenvalue weighted by molar-refractivity contribution is 0.319. The van der Waals surface area contributed by atoms with Crippen LogP contribution in [0.1, 0.15) is 35.7 Å². The van der Waals surface area contributed by atoms with Gasteiger partial charge in [-0.25, -0.2) is 18.2 Å². The molecule has 1 aliphatic rings. The lowest BCUT2D eigenvalue weighted by Gasteiger charge is -2.27. The Bertz CT molecular complexity index is 1320. The highest BCUT2D eigenvalue weighted by molar-refractivity contribution is 6.11. The largest absolute Gasteiger partial charge is 0.410 e. The zero-order valence-electron chi connectivity index (χ0n) is 16.9. The normalized spacial score (nSPS) is 16.8. The van der Waals surface area contributed by atoms with Crippen molar-refractivity contribution in [3.05, 3.63) is 101 Å². The second-order valence-electron chi connectivity index (χ2n) is 7.73. The summed E-state index contributed by atoms with van der Waals surface area (Å²) in [4.78, 5) is 6.41. The Morgan fingerprint density at radius 3 is 2.56 bits per heavy atom. The van der Waals surface area contributed by atoms with Crippen LogP contribution in [0.25, 0.3) is 5.65 Å². The summed E-state index contributed by atoms with van der Waals surface area (Å²) in [5.74, 6) is -1.29. The summed E-state index contributed by atoms with van der Waals surface area (Å²) in [6.45, 7) is 0.690. The van der Waals surface area contributed by atoms with Gasteiger partial charge in [0, 0.05) is 23.9 Å². The summed E-state index contributed by atoms with van der Waals surface area (Å²) in [6, 6.07) is 12.6. The fourth-order valence-electron chi connectivity index (χ4n) is 4.35. The van der Waals surface area contributed by atoms with Gasteiger partial charge < -0.3 is 10.1 Å². The molecule has 0 saturated carbocycles. The minimum absolute atomic E-state index is 0.240. The first kappa shape index (κ1) is 20.1. The van der Waals surface area contributed by atoms with Crippen molar-refractivity contribution in [2.24, 2.45) is 5.16 Å². The maximum Gasteiger partial charge on any atom is 0.137 e. The number of pyridine rings is 1. The average Bonchev–Trinajstić information content (AvgIpc) is 3.44. The monoisotopic (exact) mass is 436 g/mol. The molecule has 3 heterocycles. The van der Waals surface area contributed by atoms with Crippen LogP contribution >= 0.6 is 0 Å². The summed E-state index contributed by atoms with van der Waals surface area (Å²) >= 11 is 0. The molecule has 8 heteroatoms. The second kappa shape index (κ2) is 8.03. The van der Waals surface area contributed by atoms with Crippen LogP contribution in [0.5, 0.6) is 0 Å². The van der Waals surface area contributed by atoms with E-state index in [2.05, 4.69) is 10.1 Å². The van der Waals surface area contributed by atoms with Gasteiger partial charge in [0.2, 0.25) is 0 Å². The van der Waals surface area contributed by atoms with Crippen LogP contribution in [0.3, 0.4) is 0 Å². The van der Waals surface area contributed by atoms with E-state index in [9.17, 15) is 18.4 Å². The molecule has 1 N–H and O–H groups in total. The molecule has 1 atom stereocenters. The maximum absolute atomic E-state index is 14.5. The Hall–Kier alpha value is -3.81. The summed E-state index contributed by atoms with van der Waals surface area (Å²) in [6.07, 6.45) is 4.95. The second-order valence-corrected chi connectivity index (χ2v) is 7.73. The molecule has 0 radical (unpaired) electrons. The molecule has 0 spiro atoms. The highest BCUT2D eigenvalue weighted by Gasteiger charge is 2.29. The van der Waals surface area contributed by atoms with E-state index in [-0.39, 0.29) is 11.8 Å². The Balaban J connectivity index is 1.56. The molecule has 2 aromatic heterocycles. The molecule has 5 nitrogen and oxygen atoms in total. The Labute approximate surface area is 182 Å². The lowest BCUT2D eigenvalue weighted by atomic mass is 10.0. The molecule has 32 heavy (non-hydrogen) atoms. The molecule has 0 amide bonds. The summed E-state index contributed by atoms with van der Waals surface area (Å²) < 4.78 is 43.4. The number of rotatable bonds is 4. The average molecular weight is 436 g/mol. The number of nitrogens with zero attached hydrogens (tertiary/aromatic N) is 4. The number of imidazole rings is 1. The van der Waals surface area contributed by atoms with Gasteiger partial charge in [-0.1, -0.05) is 5.16 Å². The van der Waals surface area contributed by atoms with Crippen LogP contribution in [0.2, 0.25) is 0 Å². The number of hydrogen-bond acceptors (Lipinski definition) is 4. The maximum atomic E-state index is 14.5. The van der Waals surface area contributed by atoms with Gasteiger partial charge in [-0.2, -0.15) is 0 Å². The minimum atomic E-state index is -0.469. The number of fused-ring (bicyclic) bond motifs is 1. The molecule has 1 aliphatic heterocycles. The lowest BCUT2D eigenvalue weighted by Crippen LogP contribution is -2.24. The summed E-state index contributed by atoms with van der Waals surface area (Å²) in [5, 5.41) is 13.1. The fourth-order valence-corrected chi connectivity index (χ4v) is 4.35. The first-order valence-electron chi connectivity index (χ1n) is 10.2. The molecular weight excluding hydrogens is 417 g/mol. The molecule has 1 fully saturated rings. The smallest absolute Gasteiger partial charge is 0.137 e. The van der Waals surface area contributed by atoms with Crippen LogP contribution in [0.15, 0.2) is 72.1 Å². The van der Waals surface area contributed by atoms with E-state index in [4.69, 9.17) is 0 Å². The first-order valence-corrected chi connectivity index (χ1v) is 10.2. The molecule has 0 aliphatic carbocycles. The van der Waals surface area contributed by atoms with E-state index < -0.39 is 17.5 Å². The fraction of sp³-hybridized carbons (Fsp3) is 0.167. The predicted octanol–water partition coefficient (Wildman–Crippen LogP) is 5.32. The topological polar surface area (TPSA) is 53.1 Å². The van der Waals surface area contributed by atoms with Crippen molar-refractivity contribution in [2.45, 2.75) is 18.9 Å². The van der Waals surface area contributed by atoms with Gasteiger partial charge in [0.25, 0.3) is 0 Å². The van der Waals surface area contributed by atoms with E-state index in [1.807, 2.05) is 23.2 Å². The van der Waals surface area contributed by atoms with Crippen LogP contribution in [-0.2, 0) is 0 Å². The van der Waals surface area contributed by atoms with Gasteiger partial charge in [-0.05, 0) is 67.4 Å². The number of hydrogen-bond donors (Lipinski definition) is 1. The van der Waals surface area contributed by atoms with E-state index in [0.29, 0.717) is 35.4 Å². The third-order valence-electron chi connectivity index (χ3n) is 5.85.